The third-order valence-corrected chi connectivity index (χ3v) is 3.98. The number of aliphatic hydroxyl groups excluding tert-OH is 1. The van der Waals surface area contributed by atoms with Crippen LogP contribution >= 0.6 is 0 Å². The molecule has 6 nitrogen and oxygen atoms in total. The third kappa shape index (κ3) is 6.09. The lowest BCUT2D eigenvalue weighted by Gasteiger charge is -2.22. The number of carboxylic acids is 1. The zero-order valence-electron chi connectivity index (χ0n) is 15.9. The minimum Gasteiger partial charge on any atom is -0.504 e. The molecule has 27 heavy (non-hydrogen) atoms. The Morgan fingerprint density at radius 3 is 2.70 bits per heavy atom. The number of rotatable bonds is 9. The van der Waals surface area contributed by atoms with Crippen LogP contribution in [0.15, 0.2) is 47.3 Å². The zero-order chi connectivity index (χ0) is 19.8. The molecular weight excluding hydrogens is 348 g/mol. The number of allylic oxidation sites excluding steroid dienone is 3. The van der Waals surface area contributed by atoms with Crippen molar-refractivity contribution in [2.24, 2.45) is 0 Å². The van der Waals surface area contributed by atoms with Crippen LogP contribution in [0, 0.1) is 0 Å². The predicted octanol–water partition coefficient (Wildman–Crippen LogP) is 4.48. The van der Waals surface area contributed by atoms with Gasteiger partial charge in [-0.15, -0.1) is 0 Å². The van der Waals surface area contributed by atoms with Gasteiger partial charge in [-0.25, -0.2) is 4.79 Å². The van der Waals surface area contributed by atoms with Crippen LogP contribution in [0.2, 0.25) is 0 Å². The molecular formula is C21H26O6. The predicted molar refractivity (Wildman–Crippen MR) is 103 cm³/mol. The van der Waals surface area contributed by atoms with Crippen LogP contribution in [0.4, 0.5) is 0 Å². The molecule has 0 saturated heterocycles. The summed E-state index contributed by atoms with van der Waals surface area (Å²) >= 11 is 0. The van der Waals surface area contributed by atoms with Gasteiger partial charge in [-0.2, -0.15) is 0 Å². The van der Waals surface area contributed by atoms with Crippen LogP contribution in [0.1, 0.15) is 39.2 Å². The monoisotopic (exact) mass is 374 g/mol. The molecule has 0 fully saturated rings. The summed E-state index contributed by atoms with van der Waals surface area (Å²) in [6, 6.07) is 4.94. The summed E-state index contributed by atoms with van der Waals surface area (Å²) in [6.45, 7) is 6.11. The highest BCUT2D eigenvalue weighted by Crippen LogP contribution is 2.38. The van der Waals surface area contributed by atoms with Gasteiger partial charge in [0.1, 0.15) is 30.3 Å². The van der Waals surface area contributed by atoms with Gasteiger partial charge in [-0.3, -0.25) is 0 Å². The summed E-state index contributed by atoms with van der Waals surface area (Å²) < 4.78 is 16.5. The Hall–Kier alpha value is -2.89. The average Bonchev–Trinajstić information content (AvgIpc) is 2.61. The number of carbonyl (C=O) groups is 1. The highest BCUT2D eigenvalue weighted by Gasteiger charge is 2.25. The fourth-order valence-corrected chi connectivity index (χ4v) is 2.56. The van der Waals surface area contributed by atoms with E-state index in [4.69, 9.17) is 19.3 Å². The molecule has 146 valence electrons. The lowest BCUT2D eigenvalue weighted by molar-refractivity contribution is -0.139. The SMILES string of the molecule is CC(C)=CCC/C(C)=C/COC1=C(O)c2c(OCC(=O)O)cccc2OC1. The first kappa shape index (κ1) is 20.4. The van der Waals surface area contributed by atoms with Crippen molar-refractivity contribution >= 4 is 11.7 Å². The van der Waals surface area contributed by atoms with Gasteiger partial charge in [0.2, 0.25) is 0 Å². The first-order chi connectivity index (χ1) is 12.9. The minimum atomic E-state index is -1.10. The average molecular weight is 374 g/mol. The molecule has 1 heterocycles. The van der Waals surface area contributed by atoms with E-state index in [1.165, 1.54) is 11.1 Å². The highest BCUT2D eigenvalue weighted by atomic mass is 16.5. The maximum Gasteiger partial charge on any atom is 0.341 e. The van der Waals surface area contributed by atoms with Crippen molar-refractivity contribution in [2.45, 2.75) is 33.6 Å². The number of hydrogen-bond acceptors (Lipinski definition) is 5. The van der Waals surface area contributed by atoms with Crippen molar-refractivity contribution in [3.63, 3.8) is 0 Å². The van der Waals surface area contributed by atoms with Gasteiger partial charge in [0.15, 0.2) is 18.1 Å². The molecule has 0 unspecified atom stereocenters. The number of aliphatic carboxylic acids is 1. The molecule has 6 heteroatoms. The molecule has 2 N–H and O–H groups in total. The van der Waals surface area contributed by atoms with E-state index in [9.17, 15) is 9.90 Å². The van der Waals surface area contributed by atoms with Gasteiger partial charge in [-0.1, -0.05) is 23.3 Å². The standard InChI is InChI=1S/C21H26O6/c1-14(2)6-4-7-15(3)10-11-25-18-12-26-16-8-5-9-17(20(16)21(18)24)27-13-19(22)23/h5-6,8-10,24H,4,7,11-13H2,1-3H3,(H,22,23)/b15-10+. The molecule has 0 amide bonds. The van der Waals surface area contributed by atoms with E-state index in [1.54, 1.807) is 18.2 Å². The Morgan fingerprint density at radius 2 is 2.00 bits per heavy atom. The van der Waals surface area contributed by atoms with E-state index < -0.39 is 12.6 Å². The van der Waals surface area contributed by atoms with Crippen molar-refractivity contribution in [2.75, 3.05) is 19.8 Å². The normalized spacial score (nSPS) is 13.5. The van der Waals surface area contributed by atoms with Crippen LogP contribution in [0.3, 0.4) is 0 Å². The van der Waals surface area contributed by atoms with E-state index >= 15 is 0 Å². The second-order valence-corrected chi connectivity index (χ2v) is 6.55. The van der Waals surface area contributed by atoms with Crippen LogP contribution in [0.5, 0.6) is 11.5 Å². The van der Waals surface area contributed by atoms with Crippen molar-refractivity contribution in [3.8, 4) is 11.5 Å². The van der Waals surface area contributed by atoms with Crippen molar-refractivity contribution in [3.05, 3.63) is 52.8 Å². The van der Waals surface area contributed by atoms with Crippen LogP contribution < -0.4 is 9.47 Å². The Morgan fingerprint density at radius 1 is 1.22 bits per heavy atom. The lowest BCUT2D eigenvalue weighted by atomic mass is 10.1. The van der Waals surface area contributed by atoms with E-state index in [0.29, 0.717) is 23.7 Å². The molecule has 0 bridgehead atoms. The number of ether oxygens (including phenoxy) is 3. The van der Waals surface area contributed by atoms with Gasteiger partial charge < -0.3 is 24.4 Å². The maximum absolute atomic E-state index is 10.7. The van der Waals surface area contributed by atoms with E-state index in [-0.39, 0.29) is 18.1 Å². The number of hydrogen-bond donors (Lipinski definition) is 2. The Kier molecular flexibility index (Phi) is 7.34. The van der Waals surface area contributed by atoms with Gasteiger partial charge in [0.05, 0.1) is 0 Å². The van der Waals surface area contributed by atoms with Crippen molar-refractivity contribution < 1.29 is 29.2 Å². The first-order valence-corrected chi connectivity index (χ1v) is 8.83. The molecule has 1 aliphatic heterocycles. The second-order valence-electron chi connectivity index (χ2n) is 6.55. The summed E-state index contributed by atoms with van der Waals surface area (Å²) in [5, 5.41) is 19.3. The zero-order valence-corrected chi connectivity index (χ0v) is 15.9. The van der Waals surface area contributed by atoms with Crippen molar-refractivity contribution in [1.82, 2.24) is 0 Å². The minimum absolute atomic E-state index is 0.0900. The van der Waals surface area contributed by atoms with E-state index in [0.717, 1.165) is 12.8 Å². The maximum atomic E-state index is 10.7. The fraction of sp³-hybridized carbons (Fsp3) is 0.381. The summed E-state index contributed by atoms with van der Waals surface area (Å²) in [5.74, 6) is -0.231. The number of aliphatic hydroxyl groups is 1. The third-order valence-electron chi connectivity index (χ3n) is 3.98. The van der Waals surface area contributed by atoms with Crippen LogP contribution in [-0.2, 0) is 9.53 Å². The smallest absolute Gasteiger partial charge is 0.341 e. The summed E-state index contributed by atoms with van der Waals surface area (Å²) in [7, 11) is 0. The molecule has 0 aromatic heterocycles. The Labute approximate surface area is 159 Å². The lowest BCUT2D eigenvalue weighted by Crippen LogP contribution is -2.16. The number of fused-ring (bicyclic) bond motifs is 1. The van der Waals surface area contributed by atoms with Gasteiger partial charge in [-0.05, 0) is 51.8 Å². The molecule has 2 rings (SSSR count). The van der Waals surface area contributed by atoms with E-state index in [2.05, 4.69) is 19.9 Å². The number of carboxylic acid groups (broad SMARTS) is 1. The fourth-order valence-electron chi connectivity index (χ4n) is 2.56. The molecule has 0 radical (unpaired) electrons. The molecule has 0 saturated carbocycles. The van der Waals surface area contributed by atoms with E-state index in [1.807, 2.05) is 13.0 Å². The molecule has 0 spiro atoms. The Balaban J connectivity index is 2.06. The molecule has 1 aromatic rings. The van der Waals surface area contributed by atoms with Crippen LogP contribution in [-0.4, -0.2) is 36.0 Å². The molecule has 0 aliphatic carbocycles. The Bertz CT molecular complexity index is 769. The first-order valence-electron chi connectivity index (χ1n) is 8.83. The van der Waals surface area contributed by atoms with Gasteiger partial charge >= 0.3 is 5.97 Å². The second kappa shape index (κ2) is 9.71. The molecule has 0 atom stereocenters. The largest absolute Gasteiger partial charge is 0.504 e. The molecule has 1 aromatic carbocycles. The topological polar surface area (TPSA) is 85.2 Å². The summed E-state index contributed by atoms with van der Waals surface area (Å²) in [6.07, 6.45) is 6.10. The number of benzene rings is 1. The quantitative estimate of drug-likeness (QED) is 0.620. The van der Waals surface area contributed by atoms with Crippen LogP contribution in [0.25, 0.3) is 5.76 Å². The van der Waals surface area contributed by atoms with Crippen molar-refractivity contribution in [1.29, 1.82) is 0 Å². The summed E-state index contributed by atoms with van der Waals surface area (Å²) in [4.78, 5) is 10.7. The molecule has 1 aliphatic rings. The highest BCUT2D eigenvalue weighted by molar-refractivity contribution is 5.74. The van der Waals surface area contributed by atoms with Gasteiger partial charge in [0, 0.05) is 0 Å². The summed E-state index contributed by atoms with van der Waals surface area (Å²) in [5.41, 5.74) is 2.81. The van der Waals surface area contributed by atoms with Gasteiger partial charge in [0.25, 0.3) is 0 Å².